The summed E-state index contributed by atoms with van der Waals surface area (Å²) < 4.78 is 50.3. The molecule has 158 valence electrons. The van der Waals surface area contributed by atoms with Crippen LogP contribution in [-0.2, 0) is 29.3 Å². The molecule has 1 aliphatic heterocycles. The number of carboxylic acid groups (broad SMARTS) is 1. The Morgan fingerprint density at radius 2 is 1.70 bits per heavy atom. The predicted octanol–water partition coefficient (Wildman–Crippen LogP) is 0.138. The normalized spacial score (nSPS) is 15.9. The summed E-state index contributed by atoms with van der Waals surface area (Å²) in [5, 5.41) is 12.1. The molecule has 0 saturated heterocycles. The van der Waals surface area contributed by atoms with Crippen LogP contribution in [0, 0.1) is 0 Å². The molecule has 1 heterocycles. The van der Waals surface area contributed by atoms with Crippen LogP contribution < -0.4 is 15.9 Å². The first kappa shape index (κ1) is 21.7. The van der Waals surface area contributed by atoms with Crippen molar-refractivity contribution < 1.29 is 31.5 Å². The van der Waals surface area contributed by atoms with Gasteiger partial charge in [0.1, 0.15) is 4.90 Å². The van der Waals surface area contributed by atoms with Gasteiger partial charge in [0.05, 0.1) is 33.3 Å². The number of amides is 1. The number of nitrogens with zero attached hydrogens (tertiary/aromatic N) is 1. The Morgan fingerprint density at radius 1 is 1.10 bits per heavy atom. The Labute approximate surface area is 172 Å². The van der Waals surface area contributed by atoms with Crippen LogP contribution in [0.3, 0.4) is 0 Å². The second kappa shape index (κ2) is 7.65. The third kappa shape index (κ3) is 3.85. The first-order valence-electron chi connectivity index (χ1n) is 8.68. The lowest BCUT2D eigenvalue weighted by Crippen LogP contribution is -2.32. The molecule has 9 nitrogen and oxygen atoms in total. The average molecular weight is 450 g/mol. The van der Waals surface area contributed by atoms with Crippen LogP contribution in [0.25, 0.3) is 5.57 Å². The van der Waals surface area contributed by atoms with Gasteiger partial charge in [-0.15, -0.1) is 0 Å². The summed E-state index contributed by atoms with van der Waals surface area (Å²) in [6, 6.07) is 7.00. The zero-order valence-electron chi connectivity index (χ0n) is 16.0. The minimum absolute atomic E-state index is 0.0249. The van der Waals surface area contributed by atoms with Crippen LogP contribution in [0.5, 0.6) is 0 Å². The second-order valence-electron chi connectivity index (χ2n) is 6.75. The summed E-state index contributed by atoms with van der Waals surface area (Å²) in [6.07, 6.45) is 0.903. The minimum Gasteiger partial charge on any atom is -0.481 e. The van der Waals surface area contributed by atoms with E-state index < -0.39 is 38.1 Å². The van der Waals surface area contributed by atoms with Gasteiger partial charge in [0.2, 0.25) is 16.2 Å². The smallest absolute Gasteiger partial charge is 0.307 e. The lowest BCUT2D eigenvalue weighted by molar-refractivity contribution is -0.135. The van der Waals surface area contributed by atoms with Crippen molar-refractivity contribution in [1.82, 2.24) is 0 Å². The van der Waals surface area contributed by atoms with E-state index in [4.69, 9.17) is 0 Å². The molecule has 2 N–H and O–H groups in total. The maximum atomic E-state index is 13.5. The molecule has 0 aliphatic carbocycles. The topological polar surface area (TPSA) is 147 Å². The number of carbonyl (C=O) groups excluding carboxylic acids is 1. The standard InChI is InChI=1S/C19H18N2O7S2/c1-11-14(9-17(23)24)18-15(21-11)7-8-16(20-10-22)19(18)30(27,28)13-5-3-12(4-6-13)29(2,25)26/h3-8,10-11H,9H2,1-2H3,(H,20,22)(H,23,24). The van der Waals surface area contributed by atoms with Crippen molar-refractivity contribution in [2.24, 2.45) is 4.99 Å². The molecule has 0 aromatic heterocycles. The van der Waals surface area contributed by atoms with Crippen molar-refractivity contribution >= 4 is 43.3 Å². The van der Waals surface area contributed by atoms with Crippen LogP contribution >= 0.6 is 0 Å². The summed E-state index contributed by atoms with van der Waals surface area (Å²) in [5.74, 6) is -1.14. The Kier molecular flexibility index (Phi) is 5.52. The van der Waals surface area contributed by atoms with Crippen molar-refractivity contribution in [2.45, 2.75) is 34.1 Å². The van der Waals surface area contributed by atoms with Gasteiger partial charge < -0.3 is 10.4 Å². The van der Waals surface area contributed by atoms with E-state index >= 15 is 0 Å². The maximum Gasteiger partial charge on any atom is 0.307 e. The van der Waals surface area contributed by atoms with E-state index in [9.17, 15) is 31.5 Å². The molecule has 30 heavy (non-hydrogen) atoms. The predicted molar refractivity (Wildman–Crippen MR) is 107 cm³/mol. The molecule has 1 atom stereocenters. The SMILES string of the molecule is CC1N=c2ccc(NC=O)c(S(=O)(=O)c3ccc(S(C)(=O)=O)cc3)c2=C1CC(=O)O. The van der Waals surface area contributed by atoms with Gasteiger partial charge >= 0.3 is 5.97 Å². The van der Waals surface area contributed by atoms with Gasteiger partial charge in [-0.2, -0.15) is 0 Å². The lowest BCUT2D eigenvalue weighted by atomic mass is 10.0. The molecule has 3 rings (SSSR count). The van der Waals surface area contributed by atoms with Gasteiger partial charge in [0, 0.05) is 11.5 Å². The molecular weight excluding hydrogens is 432 g/mol. The number of sulfone groups is 2. The molecule has 0 saturated carbocycles. The molecule has 0 spiro atoms. The van der Waals surface area contributed by atoms with E-state index in [-0.39, 0.29) is 25.6 Å². The highest BCUT2D eigenvalue weighted by atomic mass is 32.2. The highest BCUT2D eigenvalue weighted by molar-refractivity contribution is 7.91. The molecule has 11 heteroatoms. The van der Waals surface area contributed by atoms with Crippen molar-refractivity contribution in [2.75, 3.05) is 11.6 Å². The molecule has 1 aliphatic rings. The average Bonchev–Trinajstić information content (AvgIpc) is 2.96. The number of benzene rings is 2. The third-order valence-electron chi connectivity index (χ3n) is 4.68. The van der Waals surface area contributed by atoms with E-state index in [0.29, 0.717) is 17.3 Å². The zero-order chi connectivity index (χ0) is 22.3. The van der Waals surface area contributed by atoms with Gasteiger partial charge in [-0.1, -0.05) is 0 Å². The number of carbonyl (C=O) groups is 2. The molecule has 1 unspecified atom stereocenters. The van der Waals surface area contributed by atoms with Gasteiger partial charge in [0.15, 0.2) is 9.84 Å². The van der Waals surface area contributed by atoms with Gasteiger partial charge in [0.25, 0.3) is 0 Å². The Morgan fingerprint density at radius 3 is 2.23 bits per heavy atom. The summed E-state index contributed by atoms with van der Waals surface area (Å²) in [4.78, 5) is 26.2. The molecule has 2 aromatic carbocycles. The van der Waals surface area contributed by atoms with Crippen LogP contribution in [0.15, 0.2) is 56.1 Å². The van der Waals surface area contributed by atoms with E-state index in [1.54, 1.807) is 6.92 Å². The number of carboxylic acids is 1. The Balaban J connectivity index is 2.36. The highest BCUT2D eigenvalue weighted by Gasteiger charge is 2.29. The number of rotatable bonds is 7. The summed E-state index contributed by atoms with van der Waals surface area (Å²) in [7, 11) is -7.78. The monoisotopic (exact) mass is 450 g/mol. The zero-order valence-corrected chi connectivity index (χ0v) is 17.6. The number of hydrogen-bond acceptors (Lipinski definition) is 7. The molecule has 0 radical (unpaired) electrons. The van der Waals surface area contributed by atoms with E-state index in [1.807, 2.05) is 0 Å². The first-order valence-corrected chi connectivity index (χ1v) is 12.1. The third-order valence-corrected chi connectivity index (χ3v) is 7.66. The fourth-order valence-corrected chi connectivity index (χ4v) is 5.61. The van der Waals surface area contributed by atoms with Crippen LogP contribution in [0.4, 0.5) is 5.69 Å². The molecule has 0 bridgehead atoms. The number of fused-ring (bicyclic) bond motifs is 1. The fourth-order valence-electron chi connectivity index (χ4n) is 3.32. The Bertz CT molecular complexity index is 1380. The minimum atomic E-state index is -4.26. The maximum absolute atomic E-state index is 13.5. The molecule has 2 aromatic rings. The molecular formula is C19H18N2O7S2. The number of anilines is 1. The fraction of sp³-hybridized carbons (Fsp3) is 0.211. The van der Waals surface area contributed by atoms with E-state index in [0.717, 1.165) is 18.4 Å². The lowest BCUT2D eigenvalue weighted by Gasteiger charge is -2.12. The Hall–Kier alpha value is -3.05. The van der Waals surface area contributed by atoms with Crippen LogP contribution in [-0.4, -0.2) is 46.6 Å². The van der Waals surface area contributed by atoms with E-state index in [2.05, 4.69) is 10.3 Å². The van der Waals surface area contributed by atoms with Crippen LogP contribution in [0.2, 0.25) is 0 Å². The summed E-state index contributed by atoms with van der Waals surface area (Å²) >= 11 is 0. The summed E-state index contributed by atoms with van der Waals surface area (Å²) in [5.41, 5.74) is 0.279. The van der Waals surface area contributed by atoms with Gasteiger partial charge in [-0.25, -0.2) is 16.8 Å². The highest BCUT2D eigenvalue weighted by Crippen LogP contribution is 2.27. The second-order valence-corrected chi connectivity index (χ2v) is 10.6. The number of hydrogen-bond donors (Lipinski definition) is 2. The van der Waals surface area contributed by atoms with Crippen molar-refractivity contribution in [1.29, 1.82) is 0 Å². The van der Waals surface area contributed by atoms with Crippen molar-refractivity contribution in [3.05, 3.63) is 47.0 Å². The molecule has 1 amide bonds. The van der Waals surface area contributed by atoms with Crippen molar-refractivity contribution in [3.8, 4) is 0 Å². The van der Waals surface area contributed by atoms with Gasteiger partial charge in [-0.3, -0.25) is 14.6 Å². The number of nitrogens with one attached hydrogen (secondary N) is 1. The van der Waals surface area contributed by atoms with Crippen molar-refractivity contribution in [3.63, 3.8) is 0 Å². The molecule has 0 fully saturated rings. The number of aliphatic carboxylic acids is 1. The van der Waals surface area contributed by atoms with Gasteiger partial charge in [-0.05, 0) is 48.9 Å². The quantitative estimate of drug-likeness (QED) is 0.570. The first-order chi connectivity index (χ1) is 14.0. The summed E-state index contributed by atoms with van der Waals surface area (Å²) in [6.45, 7) is 1.66. The van der Waals surface area contributed by atoms with Crippen LogP contribution in [0.1, 0.15) is 13.3 Å². The largest absolute Gasteiger partial charge is 0.481 e. The van der Waals surface area contributed by atoms with E-state index in [1.165, 1.54) is 24.3 Å².